The predicted octanol–water partition coefficient (Wildman–Crippen LogP) is 0.595. The number of furan rings is 1. The van der Waals surface area contributed by atoms with Crippen LogP contribution in [0, 0.1) is 0 Å². The van der Waals surface area contributed by atoms with Crippen molar-refractivity contribution in [2.24, 2.45) is 0 Å². The van der Waals surface area contributed by atoms with Gasteiger partial charge >= 0.3 is 0 Å². The van der Waals surface area contributed by atoms with E-state index in [1.807, 2.05) is 19.1 Å². The Labute approximate surface area is 125 Å². The fraction of sp³-hybridized carbons (Fsp3) is 0.667. The smallest absolute Gasteiger partial charge is 0.237 e. The highest BCUT2D eigenvalue weighted by molar-refractivity contribution is 5.81. The van der Waals surface area contributed by atoms with Crippen LogP contribution in [0.1, 0.15) is 19.6 Å². The largest absolute Gasteiger partial charge is 0.467 e. The standard InChI is InChI=1S/C15H25N3O3/c1-12(11-18-5-8-20-9-6-18)17-13(2)15(19)16-10-14-4-3-7-21-14/h3-4,7,12-13,17H,5-6,8-11H2,1-2H3,(H,16,19). The van der Waals surface area contributed by atoms with E-state index in [9.17, 15) is 4.79 Å². The highest BCUT2D eigenvalue weighted by Gasteiger charge is 2.18. The van der Waals surface area contributed by atoms with Gasteiger partial charge in [-0.1, -0.05) is 0 Å². The molecule has 0 spiro atoms. The molecule has 6 heteroatoms. The second-order valence-corrected chi connectivity index (χ2v) is 5.50. The van der Waals surface area contributed by atoms with Gasteiger partial charge in [-0.25, -0.2) is 0 Å². The average Bonchev–Trinajstić information content (AvgIpc) is 2.98. The van der Waals surface area contributed by atoms with E-state index in [1.54, 1.807) is 6.26 Å². The lowest BCUT2D eigenvalue weighted by Crippen LogP contribution is -2.50. The van der Waals surface area contributed by atoms with Crippen molar-refractivity contribution in [3.8, 4) is 0 Å². The van der Waals surface area contributed by atoms with E-state index in [2.05, 4.69) is 22.5 Å². The molecule has 1 aromatic heterocycles. The normalized spacial score (nSPS) is 19.1. The molecule has 0 saturated carbocycles. The van der Waals surface area contributed by atoms with Crippen LogP contribution in [-0.4, -0.2) is 55.7 Å². The summed E-state index contributed by atoms with van der Waals surface area (Å²) in [5, 5.41) is 6.20. The second-order valence-electron chi connectivity index (χ2n) is 5.50. The molecular formula is C15H25N3O3. The van der Waals surface area contributed by atoms with Crippen molar-refractivity contribution >= 4 is 5.91 Å². The Morgan fingerprint density at radius 3 is 2.81 bits per heavy atom. The summed E-state index contributed by atoms with van der Waals surface area (Å²) in [6.45, 7) is 8.86. The van der Waals surface area contributed by atoms with E-state index in [-0.39, 0.29) is 18.0 Å². The van der Waals surface area contributed by atoms with Gasteiger partial charge in [0.15, 0.2) is 0 Å². The zero-order chi connectivity index (χ0) is 15.1. The van der Waals surface area contributed by atoms with Gasteiger partial charge < -0.3 is 19.8 Å². The van der Waals surface area contributed by atoms with Crippen molar-refractivity contribution < 1.29 is 13.9 Å². The summed E-state index contributed by atoms with van der Waals surface area (Å²) < 4.78 is 10.5. The number of amides is 1. The van der Waals surface area contributed by atoms with Crippen molar-refractivity contribution in [2.45, 2.75) is 32.5 Å². The number of nitrogens with zero attached hydrogens (tertiary/aromatic N) is 1. The first-order valence-corrected chi connectivity index (χ1v) is 7.51. The van der Waals surface area contributed by atoms with Crippen molar-refractivity contribution in [1.29, 1.82) is 0 Å². The maximum absolute atomic E-state index is 12.0. The lowest BCUT2D eigenvalue weighted by atomic mass is 10.2. The minimum atomic E-state index is -0.226. The van der Waals surface area contributed by atoms with Crippen LogP contribution in [0.25, 0.3) is 0 Å². The molecule has 21 heavy (non-hydrogen) atoms. The van der Waals surface area contributed by atoms with Crippen LogP contribution in [-0.2, 0) is 16.1 Å². The number of hydrogen-bond donors (Lipinski definition) is 2. The van der Waals surface area contributed by atoms with Crippen molar-refractivity contribution in [2.75, 3.05) is 32.8 Å². The van der Waals surface area contributed by atoms with Crippen LogP contribution in [0.4, 0.5) is 0 Å². The van der Waals surface area contributed by atoms with Crippen LogP contribution in [0.5, 0.6) is 0 Å². The summed E-state index contributed by atoms with van der Waals surface area (Å²) in [6.07, 6.45) is 1.60. The molecule has 0 bridgehead atoms. The molecular weight excluding hydrogens is 270 g/mol. The number of carbonyl (C=O) groups is 1. The molecule has 118 valence electrons. The van der Waals surface area contributed by atoms with E-state index in [1.165, 1.54) is 0 Å². The van der Waals surface area contributed by atoms with E-state index in [0.29, 0.717) is 6.54 Å². The van der Waals surface area contributed by atoms with E-state index in [4.69, 9.17) is 9.15 Å². The van der Waals surface area contributed by atoms with Gasteiger partial charge in [0.25, 0.3) is 0 Å². The number of hydrogen-bond acceptors (Lipinski definition) is 5. The molecule has 2 unspecified atom stereocenters. The molecule has 1 aliphatic rings. The highest BCUT2D eigenvalue weighted by Crippen LogP contribution is 2.01. The van der Waals surface area contributed by atoms with E-state index >= 15 is 0 Å². The number of nitrogens with one attached hydrogen (secondary N) is 2. The molecule has 2 heterocycles. The van der Waals surface area contributed by atoms with Gasteiger partial charge in [-0.3, -0.25) is 9.69 Å². The molecule has 1 aromatic rings. The zero-order valence-electron chi connectivity index (χ0n) is 12.8. The molecule has 1 aliphatic heterocycles. The van der Waals surface area contributed by atoms with Gasteiger partial charge in [0.05, 0.1) is 32.1 Å². The fourth-order valence-electron chi connectivity index (χ4n) is 2.47. The topological polar surface area (TPSA) is 66.7 Å². The van der Waals surface area contributed by atoms with Crippen LogP contribution < -0.4 is 10.6 Å². The number of rotatable bonds is 7. The number of ether oxygens (including phenoxy) is 1. The van der Waals surface area contributed by atoms with Crippen molar-refractivity contribution in [3.63, 3.8) is 0 Å². The first-order valence-electron chi connectivity index (χ1n) is 7.51. The van der Waals surface area contributed by atoms with Crippen LogP contribution in [0.15, 0.2) is 22.8 Å². The Bertz CT molecular complexity index is 416. The van der Waals surface area contributed by atoms with Crippen molar-refractivity contribution in [3.05, 3.63) is 24.2 Å². The molecule has 0 aliphatic carbocycles. The quantitative estimate of drug-likeness (QED) is 0.771. The Morgan fingerprint density at radius 1 is 1.38 bits per heavy atom. The van der Waals surface area contributed by atoms with Gasteiger partial charge in [0.1, 0.15) is 5.76 Å². The summed E-state index contributed by atoms with van der Waals surface area (Å²) in [6, 6.07) is 3.69. The maximum atomic E-state index is 12.0. The third-order valence-corrected chi connectivity index (χ3v) is 3.58. The molecule has 0 radical (unpaired) electrons. The third-order valence-electron chi connectivity index (χ3n) is 3.58. The molecule has 0 aromatic carbocycles. The van der Waals surface area contributed by atoms with Gasteiger partial charge in [-0.05, 0) is 26.0 Å². The van der Waals surface area contributed by atoms with E-state index < -0.39 is 0 Å². The average molecular weight is 295 g/mol. The van der Waals surface area contributed by atoms with Crippen LogP contribution >= 0.6 is 0 Å². The molecule has 1 saturated heterocycles. The van der Waals surface area contributed by atoms with Gasteiger partial charge in [0, 0.05) is 25.7 Å². The van der Waals surface area contributed by atoms with Crippen LogP contribution in [0.3, 0.4) is 0 Å². The van der Waals surface area contributed by atoms with Gasteiger partial charge in [-0.15, -0.1) is 0 Å². The van der Waals surface area contributed by atoms with Gasteiger partial charge in [0.2, 0.25) is 5.91 Å². The summed E-state index contributed by atoms with van der Waals surface area (Å²) in [5.41, 5.74) is 0. The number of carbonyl (C=O) groups excluding carboxylic acids is 1. The van der Waals surface area contributed by atoms with Gasteiger partial charge in [-0.2, -0.15) is 0 Å². The molecule has 6 nitrogen and oxygen atoms in total. The SMILES string of the molecule is CC(CN1CCOCC1)NC(C)C(=O)NCc1ccco1. The predicted molar refractivity (Wildman–Crippen MR) is 79.9 cm³/mol. The number of morpholine rings is 1. The Morgan fingerprint density at radius 2 is 2.14 bits per heavy atom. The Kier molecular flexibility index (Phi) is 6.22. The molecule has 2 atom stereocenters. The first-order chi connectivity index (χ1) is 10.1. The van der Waals surface area contributed by atoms with Crippen molar-refractivity contribution in [1.82, 2.24) is 15.5 Å². The maximum Gasteiger partial charge on any atom is 0.237 e. The summed E-state index contributed by atoms with van der Waals surface area (Å²) in [5.74, 6) is 0.747. The minimum Gasteiger partial charge on any atom is -0.467 e. The summed E-state index contributed by atoms with van der Waals surface area (Å²) in [7, 11) is 0. The summed E-state index contributed by atoms with van der Waals surface area (Å²) in [4.78, 5) is 14.4. The third kappa shape index (κ3) is 5.49. The first kappa shape index (κ1) is 16.0. The fourth-order valence-corrected chi connectivity index (χ4v) is 2.47. The van der Waals surface area contributed by atoms with E-state index in [0.717, 1.165) is 38.6 Å². The Balaban J connectivity index is 1.66. The molecule has 2 rings (SSSR count). The lowest BCUT2D eigenvalue weighted by molar-refractivity contribution is -0.123. The molecule has 1 amide bonds. The summed E-state index contributed by atoms with van der Waals surface area (Å²) >= 11 is 0. The molecule has 1 fully saturated rings. The minimum absolute atomic E-state index is 0.0137. The molecule has 2 N–H and O–H groups in total. The zero-order valence-corrected chi connectivity index (χ0v) is 12.8. The monoisotopic (exact) mass is 295 g/mol. The highest BCUT2D eigenvalue weighted by atomic mass is 16.5. The van der Waals surface area contributed by atoms with Crippen LogP contribution in [0.2, 0.25) is 0 Å². The Hall–Kier alpha value is -1.37. The lowest BCUT2D eigenvalue weighted by Gasteiger charge is -2.30. The second kappa shape index (κ2) is 8.17.